The number of nitrogens with one attached hydrogen (secondary N) is 1. The summed E-state index contributed by atoms with van der Waals surface area (Å²) in [5.74, 6) is 1.03. The Balaban J connectivity index is 1.40. The Kier molecular flexibility index (Phi) is 6.60. The van der Waals surface area contributed by atoms with Crippen LogP contribution in [0.15, 0.2) is 83.3 Å². The van der Waals surface area contributed by atoms with Gasteiger partial charge >= 0.3 is 0 Å². The van der Waals surface area contributed by atoms with Gasteiger partial charge in [0.15, 0.2) is 0 Å². The number of carbonyl (C=O) groups is 1. The molecule has 0 atom stereocenters. The molecule has 152 valence electrons. The van der Waals surface area contributed by atoms with Gasteiger partial charge < -0.3 is 9.88 Å². The molecule has 0 radical (unpaired) electrons. The number of imidazole rings is 1. The Morgan fingerprint density at radius 3 is 2.57 bits per heavy atom. The van der Waals surface area contributed by atoms with Crippen molar-refractivity contribution in [2.75, 3.05) is 6.54 Å². The van der Waals surface area contributed by atoms with Crippen LogP contribution in [0.2, 0.25) is 0 Å². The highest BCUT2D eigenvalue weighted by molar-refractivity contribution is 9.10. The fourth-order valence-electron chi connectivity index (χ4n) is 3.63. The predicted octanol–water partition coefficient (Wildman–Crippen LogP) is 5.40. The summed E-state index contributed by atoms with van der Waals surface area (Å²) < 4.78 is 3.22. The maximum absolute atomic E-state index is 12.3. The van der Waals surface area contributed by atoms with Crippen LogP contribution in [0.25, 0.3) is 11.0 Å². The first-order valence-corrected chi connectivity index (χ1v) is 11.0. The number of carbonyl (C=O) groups excluding carboxylic acids is 1. The maximum Gasteiger partial charge on any atom is 0.251 e. The van der Waals surface area contributed by atoms with E-state index in [1.807, 2.05) is 36.4 Å². The number of fused-ring (bicyclic) bond motifs is 1. The number of amides is 1. The second-order valence-electron chi connectivity index (χ2n) is 7.27. The van der Waals surface area contributed by atoms with Gasteiger partial charge in [-0.1, -0.05) is 64.5 Å². The number of para-hydroxylation sites is 2. The number of hydrogen-bond acceptors (Lipinski definition) is 2. The highest BCUT2D eigenvalue weighted by Gasteiger charge is 2.11. The highest BCUT2D eigenvalue weighted by Crippen LogP contribution is 2.18. The van der Waals surface area contributed by atoms with Crippen LogP contribution in [0.5, 0.6) is 0 Å². The molecule has 0 saturated carbocycles. The molecular weight excluding hydrogens is 438 g/mol. The van der Waals surface area contributed by atoms with Crippen LogP contribution in [0, 0.1) is 0 Å². The van der Waals surface area contributed by atoms with E-state index >= 15 is 0 Å². The van der Waals surface area contributed by atoms with Crippen molar-refractivity contribution in [2.24, 2.45) is 0 Å². The second kappa shape index (κ2) is 9.72. The molecule has 0 aliphatic rings. The van der Waals surface area contributed by atoms with Gasteiger partial charge in [-0.3, -0.25) is 4.79 Å². The van der Waals surface area contributed by atoms with Crippen LogP contribution in [0.4, 0.5) is 0 Å². The van der Waals surface area contributed by atoms with Gasteiger partial charge in [-0.2, -0.15) is 0 Å². The highest BCUT2D eigenvalue weighted by atomic mass is 79.9. The molecule has 0 unspecified atom stereocenters. The van der Waals surface area contributed by atoms with Gasteiger partial charge in [0.1, 0.15) is 5.82 Å². The third-order valence-corrected chi connectivity index (χ3v) is 5.64. The van der Waals surface area contributed by atoms with Gasteiger partial charge in [-0.05, 0) is 48.7 Å². The monoisotopic (exact) mass is 461 g/mol. The van der Waals surface area contributed by atoms with Crippen LogP contribution in [0.3, 0.4) is 0 Å². The predicted molar refractivity (Wildman–Crippen MR) is 125 cm³/mol. The third kappa shape index (κ3) is 4.97. The molecule has 30 heavy (non-hydrogen) atoms. The molecule has 1 heterocycles. The summed E-state index contributed by atoms with van der Waals surface area (Å²) in [4.78, 5) is 17.2. The van der Waals surface area contributed by atoms with Crippen molar-refractivity contribution in [2.45, 2.75) is 25.8 Å². The Bertz CT molecular complexity index is 1140. The lowest BCUT2D eigenvalue weighted by Gasteiger charge is -2.10. The normalized spacial score (nSPS) is 11.0. The topological polar surface area (TPSA) is 46.9 Å². The zero-order valence-electron chi connectivity index (χ0n) is 16.7. The van der Waals surface area contributed by atoms with E-state index in [2.05, 4.69) is 68.3 Å². The molecule has 0 bridgehead atoms. The Hall–Kier alpha value is -2.92. The van der Waals surface area contributed by atoms with Crippen molar-refractivity contribution < 1.29 is 4.79 Å². The standard InChI is InChI=1S/C25H24BrN3O/c26-21-11-6-10-20(18-21)25(30)27-16-7-14-24-28-22-12-4-5-13-23(22)29(24)17-15-19-8-2-1-3-9-19/h1-6,8-13,18H,7,14-17H2,(H,27,30). The van der Waals surface area contributed by atoms with Crippen LogP contribution < -0.4 is 5.32 Å². The summed E-state index contributed by atoms with van der Waals surface area (Å²) in [6.07, 6.45) is 2.63. The Morgan fingerprint density at radius 1 is 0.933 bits per heavy atom. The summed E-state index contributed by atoms with van der Waals surface area (Å²) in [5, 5.41) is 3.01. The molecule has 3 aromatic carbocycles. The van der Waals surface area contributed by atoms with Crippen molar-refractivity contribution in [1.82, 2.24) is 14.9 Å². The van der Waals surface area contributed by atoms with E-state index in [1.54, 1.807) is 0 Å². The third-order valence-electron chi connectivity index (χ3n) is 5.15. The lowest BCUT2D eigenvalue weighted by molar-refractivity contribution is 0.0953. The summed E-state index contributed by atoms with van der Waals surface area (Å²) >= 11 is 3.41. The van der Waals surface area contributed by atoms with E-state index in [0.717, 1.165) is 41.6 Å². The maximum atomic E-state index is 12.3. The molecule has 4 aromatic rings. The lowest BCUT2D eigenvalue weighted by Crippen LogP contribution is -2.25. The van der Waals surface area contributed by atoms with E-state index in [-0.39, 0.29) is 5.91 Å². The van der Waals surface area contributed by atoms with Crippen molar-refractivity contribution >= 4 is 32.9 Å². The van der Waals surface area contributed by atoms with E-state index in [1.165, 1.54) is 11.1 Å². The first-order chi connectivity index (χ1) is 14.7. The molecule has 4 nitrogen and oxygen atoms in total. The number of hydrogen-bond donors (Lipinski definition) is 1. The number of aromatic nitrogens is 2. The minimum absolute atomic E-state index is 0.0473. The first kappa shape index (κ1) is 20.4. The lowest BCUT2D eigenvalue weighted by atomic mass is 10.1. The van der Waals surface area contributed by atoms with E-state index in [9.17, 15) is 4.79 Å². The average Bonchev–Trinajstić information content (AvgIpc) is 3.13. The molecule has 1 N–H and O–H groups in total. The van der Waals surface area contributed by atoms with Crippen molar-refractivity contribution in [3.63, 3.8) is 0 Å². The van der Waals surface area contributed by atoms with Gasteiger partial charge in [-0.15, -0.1) is 0 Å². The van der Waals surface area contributed by atoms with Gasteiger partial charge in [0, 0.05) is 29.5 Å². The van der Waals surface area contributed by atoms with E-state index < -0.39 is 0 Å². The first-order valence-electron chi connectivity index (χ1n) is 10.2. The van der Waals surface area contributed by atoms with Crippen LogP contribution >= 0.6 is 15.9 Å². The summed E-state index contributed by atoms with van der Waals surface area (Å²) in [6, 6.07) is 26.2. The molecule has 0 saturated heterocycles. The van der Waals surface area contributed by atoms with Crippen LogP contribution in [-0.4, -0.2) is 22.0 Å². The van der Waals surface area contributed by atoms with Crippen LogP contribution in [-0.2, 0) is 19.4 Å². The summed E-state index contributed by atoms with van der Waals surface area (Å²) in [6.45, 7) is 1.51. The number of rotatable bonds is 8. The minimum atomic E-state index is -0.0473. The minimum Gasteiger partial charge on any atom is -0.352 e. The molecule has 4 rings (SSSR count). The smallest absolute Gasteiger partial charge is 0.251 e. The van der Waals surface area contributed by atoms with E-state index in [4.69, 9.17) is 4.98 Å². The molecule has 0 fully saturated rings. The van der Waals surface area contributed by atoms with Crippen LogP contribution in [0.1, 0.15) is 28.2 Å². The van der Waals surface area contributed by atoms with E-state index in [0.29, 0.717) is 12.1 Å². The van der Waals surface area contributed by atoms with Gasteiger partial charge in [0.2, 0.25) is 0 Å². The molecule has 0 aliphatic heterocycles. The molecule has 0 spiro atoms. The molecule has 1 amide bonds. The fourth-order valence-corrected chi connectivity index (χ4v) is 4.03. The van der Waals surface area contributed by atoms with Crippen molar-refractivity contribution in [1.29, 1.82) is 0 Å². The number of benzene rings is 3. The zero-order valence-corrected chi connectivity index (χ0v) is 18.3. The molecule has 5 heteroatoms. The SMILES string of the molecule is O=C(NCCCc1nc2ccccc2n1CCc1ccccc1)c1cccc(Br)c1. The Morgan fingerprint density at radius 2 is 1.73 bits per heavy atom. The summed E-state index contributed by atoms with van der Waals surface area (Å²) in [7, 11) is 0. The molecular formula is C25H24BrN3O. The van der Waals surface area contributed by atoms with Crippen molar-refractivity contribution in [3.05, 3.63) is 100 Å². The fraction of sp³-hybridized carbons (Fsp3) is 0.200. The zero-order chi connectivity index (χ0) is 20.8. The Labute approximate surface area is 185 Å². The summed E-state index contributed by atoms with van der Waals surface area (Å²) in [5.41, 5.74) is 4.18. The molecule has 1 aromatic heterocycles. The number of nitrogens with zero attached hydrogens (tertiary/aromatic N) is 2. The van der Waals surface area contributed by atoms with Crippen molar-refractivity contribution in [3.8, 4) is 0 Å². The van der Waals surface area contributed by atoms with Gasteiger partial charge in [0.25, 0.3) is 5.91 Å². The largest absolute Gasteiger partial charge is 0.352 e. The quantitative estimate of drug-likeness (QED) is 0.356. The number of halogens is 1. The average molecular weight is 462 g/mol. The van der Waals surface area contributed by atoms with Gasteiger partial charge in [0.05, 0.1) is 11.0 Å². The second-order valence-corrected chi connectivity index (χ2v) is 8.19. The number of aryl methyl sites for hydroxylation is 3. The molecule has 0 aliphatic carbocycles. The van der Waals surface area contributed by atoms with Gasteiger partial charge in [-0.25, -0.2) is 4.98 Å².